The number of nitrogens with two attached hydrogens (primary N) is 1. The van der Waals surface area contributed by atoms with Gasteiger partial charge in [0.05, 0.1) is 7.11 Å². The van der Waals surface area contributed by atoms with E-state index in [1.807, 2.05) is 52.8 Å². The van der Waals surface area contributed by atoms with E-state index in [1.165, 1.54) is 0 Å². The van der Waals surface area contributed by atoms with Gasteiger partial charge in [0.25, 0.3) is 0 Å². The maximum absolute atomic E-state index is 5.47. The molecule has 15 heavy (non-hydrogen) atoms. The van der Waals surface area contributed by atoms with E-state index in [0.717, 1.165) is 16.9 Å². The topological polar surface area (TPSA) is 35.2 Å². The van der Waals surface area contributed by atoms with Crippen LogP contribution in [0.3, 0.4) is 0 Å². The minimum absolute atomic E-state index is 0.588. The third-order valence-electron chi connectivity index (χ3n) is 1.69. The third-order valence-corrected chi connectivity index (χ3v) is 1.69. The lowest BCUT2D eigenvalue weighted by molar-refractivity contribution is 0.411. The number of hydrogen-bond acceptors (Lipinski definition) is 2. The predicted molar refractivity (Wildman–Crippen MR) is 68.3 cm³/mol. The summed E-state index contributed by atoms with van der Waals surface area (Å²) in [6.07, 6.45) is 0. The van der Waals surface area contributed by atoms with E-state index in [9.17, 15) is 0 Å². The highest BCUT2D eigenvalue weighted by atomic mass is 16.5. The molecule has 2 N–H and O–H groups in total. The fourth-order valence-electron chi connectivity index (χ4n) is 1.07. The van der Waals surface area contributed by atoms with Gasteiger partial charge in [0.15, 0.2) is 0 Å². The summed E-state index contributed by atoms with van der Waals surface area (Å²) in [7, 11) is 1.67. The Labute approximate surface area is 94.5 Å². The monoisotopic (exact) mass is 211 g/mol. The normalized spacial score (nSPS) is 7.93. The fourth-order valence-corrected chi connectivity index (χ4v) is 1.07. The van der Waals surface area contributed by atoms with Crippen molar-refractivity contribution in [3.63, 3.8) is 0 Å². The minimum Gasteiger partial charge on any atom is -0.496 e. The quantitative estimate of drug-likeness (QED) is 0.812. The predicted octanol–water partition coefficient (Wildman–Crippen LogP) is 3.51. The lowest BCUT2D eigenvalue weighted by Crippen LogP contribution is -1.97. The summed E-state index contributed by atoms with van der Waals surface area (Å²) in [4.78, 5) is 0. The van der Waals surface area contributed by atoms with Gasteiger partial charge in [-0.2, -0.15) is 0 Å². The maximum atomic E-state index is 5.47. The van der Waals surface area contributed by atoms with Gasteiger partial charge in [0.1, 0.15) is 5.75 Å². The molecule has 0 unspecified atom stereocenters. The summed E-state index contributed by atoms with van der Waals surface area (Å²) in [5.41, 5.74) is 7.75. The average Bonchev–Trinajstić information content (AvgIpc) is 2.34. The fraction of sp³-hybridized carbons (Fsp3) is 0.538. The molecule has 0 atom stereocenters. The van der Waals surface area contributed by atoms with Crippen molar-refractivity contribution in [2.24, 2.45) is 5.73 Å². The SMILES string of the molecule is CC.CC.COc1ccc(CN)cc1C. The van der Waals surface area contributed by atoms with Crippen LogP contribution in [-0.4, -0.2) is 7.11 Å². The Morgan fingerprint density at radius 3 is 2.00 bits per heavy atom. The molecule has 1 rings (SSSR count). The number of rotatable bonds is 2. The zero-order chi connectivity index (χ0) is 12.3. The van der Waals surface area contributed by atoms with Crippen molar-refractivity contribution in [2.45, 2.75) is 41.2 Å². The number of hydrogen-bond donors (Lipinski definition) is 1. The zero-order valence-electron chi connectivity index (χ0n) is 10.9. The molecule has 0 heterocycles. The highest BCUT2D eigenvalue weighted by molar-refractivity contribution is 5.35. The first-order valence-corrected chi connectivity index (χ1v) is 5.61. The van der Waals surface area contributed by atoms with Crippen molar-refractivity contribution in [1.29, 1.82) is 0 Å². The molecule has 0 spiro atoms. The molecule has 0 radical (unpaired) electrons. The molecule has 0 saturated carbocycles. The Balaban J connectivity index is 0. The van der Waals surface area contributed by atoms with Crippen LogP contribution in [0, 0.1) is 6.92 Å². The summed E-state index contributed by atoms with van der Waals surface area (Å²) < 4.78 is 5.10. The molecule has 2 heteroatoms. The second-order valence-corrected chi connectivity index (χ2v) is 2.51. The molecule has 1 aromatic carbocycles. The van der Waals surface area contributed by atoms with Gasteiger partial charge in [-0.15, -0.1) is 0 Å². The van der Waals surface area contributed by atoms with Crippen LogP contribution in [0.5, 0.6) is 5.75 Å². The minimum atomic E-state index is 0.588. The van der Waals surface area contributed by atoms with E-state index in [0.29, 0.717) is 6.54 Å². The van der Waals surface area contributed by atoms with Gasteiger partial charge in [0.2, 0.25) is 0 Å². The largest absolute Gasteiger partial charge is 0.496 e. The standard InChI is InChI=1S/C9H13NO.2C2H6/c1-7-5-8(6-10)3-4-9(7)11-2;2*1-2/h3-5H,6,10H2,1-2H3;2*1-2H3. The Morgan fingerprint density at radius 1 is 1.13 bits per heavy atom. The molecule has 0 aromatic heterocycles. The van der Waals surface area contributed by atoms with E-state index in [1.54, 1.807) is 7.11 Å². The van der Waals surface area contributed by atoms with E-state index < -0.39 is 0 Å². The van der Waals surface area contributed by atoms with Crippen LogP contribution in [0.15, 0.2) is 18.2 Å². The Hall–Kier alpha value is -1.02. The molecule has 0 amide bonds. The second kappa shape index (κ2) is 11.1. The number of ether oxygens (including phenoxy) is 1. The third kappa shape index (κ3) is 6.13. The molecular weight excluding hydrogens is 186 g/mol. The van der Waals surface area contributed by atoms with Crippen LogP contribution < -0.4 is 10.5 Å². The summed E-state index contributed by atoms with van der Waals surface area (Å²) in [5.74, 6) is 0.919. The van der Waals surface area contributed by atoms with Gasteiger partial charge in [-0.25, -0.2) is 0 Å². The zero-order valence-corrected chi connectivity index (χ0v) is 10.9. The highest BCUT2D eigenvalue weighted by Crippen LogP contribution is 2.17. The molecule has 0 bridgehead atoms. The molecule has 0 saturated heterocycles. The van der Waals surface area contributed by atoms with Gasteiger partial charge >= 0.3 is 0 Å². The van der Waals surface area contributed by atoms with Crippen molar-refractivity contribution in [3.05, 3.63) is 29.3 Å². The van der Waals surface area contributed by atoms with Crippen molar-refractivity contribution >= 4 is 0 Å². The van der Waals surface area contributed by atoms with Crippen LogP contribution in [0.1, 0.15) is 38.8 Å². The summed E-state index contributed by atoms with van der Waals surface area (Å²) in [6, 6.07) is 5.96. The molecule has 2 nitrogen and oxygen atoms in total. The van der Waals surface area contributed by atoms with Gasteiger partial charge in [-0.1, -0.05) is 39.8 Å². The molecule has 88 valence electrons. The van der Waals surface area contributed by atoms with Crippen molar-refractivity contribution < 1.29 is 4.74 Å². The number of aryl methyl sites for hydroxylation is 1. The van der Waals surface area contributed by atoms with Gasteiger partial charge in [0, 0.05) is 6.54 Å². The highest BCUT2D eigenvalue weighted by Gasteiger charge is 1.96. The molecule has 0 fully saturated rings. The van der Waals surface area contributed by atoms with Crippen molar-refractivity contribution in [1.82, 2.24) is 0 Å². The van der Waals surface area contributed by atoms with Gasteiger partial charge < -0.3 is 10.5 Å². The van der Waals surface area contributed by atoms with E-state index in [-0.39, 0.29) is 0 Å². The van der Waals surface area contributed by atoms with Crippen LogP contribution in [-0.2, 0) is 6.54 Å². The molecule has 0 aliphatic carbocycles. The first kappa shape index (κ1) is 16.4. The summed E-state index contributed by atoms with van der Waals surface area (Å²) in [5, 5.41) is 0. The Morgan fingerprint density at radius 2 is 1.67 bits per heavy atom. The number of methoxy groups -OCH3 is 1. The van der Waals surface area contributed by atoms with Crippen molar-refractivity contribution in [2.75, 3.05) is 7.11 Å². The average molecular weight is 211 g/mol. The Kier molecular flexibility index (Phi) is 12.1. The van der Waals surface area contributed by atoms with Gasteiger partial charge in [-0.05, 0) is 24.1 Å². The van der Waals surface area contributed by atoms with E-state index in [4.69, 9.17) is 10.5 Å². The molecular formula is C13H25NO. The smallest absolute Gasteiger partial charge is 0.121 e. The van der Waals surface area contributed by atoms with Crippen LogP contribution in [0.2, 0.25) is 0 Å². The van der Waals surface area contributed by atoms with Crippen LogP contribution in [0.4, 0.5) is 0 Å². The summed E-state index contributed by atoms with van der Waals surface area (Å²) >= 11 is 0. The Bertz CT molecular complexity index is 246. The van der Waals surface area contributed by atoms with Gasteiger partial charge in [-0.3, -0.25) is 0 Å². The van der Waals surface area contributed by atoms with Crippen LogP contribution in [0.25, 0.3) is 0 Å². The molecule has 0 aliphatic heterocycles. The second-order valence-electron chi connectivity index (χ2n) is 2.51. The lowest BCUT2D eigenvalue weighted by Gasteiger charge is -2.05. The first-order valence-electron chi connectivity index (χ1n) is 5.61. The van der Waals surface area contributed by atoms with Crippen molar-refractivity contribution in [3.8, 4) is 5.75 Å². The molecule has 1 aromatic rings. The number of benzene rings is 1. The van der Waals surface area contributed by atoms with E-state index in [2.05, 4.69) is 0 Å². The van der Waals surface area contributed by atoms with Crippen LogP contribution >= 0.6 is 0 Å². The van der Waals surface area contributed by atoms with E-state index >= 15 is 0 Å². The summed E-state index contributed by atoms with van der Waals surface area (Å²) in [6.45, 7) is 10.6. The first-order chi connectivity index (χ1) is 7.27. The molecule has 0 aliphatic rings. The lowest BCUT2D eigenvalue weighted by atomic mass is 10.1. The maximum Gasteiger partial charge on any atom is 0.121 e.